The van der Waals surface area contributed by atoms with E-state index in [1.54, 1.807) is 0 Å². The fourth-order valence-corrected chi connectivity index (χ4v) is 2.63. The number of carbonyl (C=O) groups is 1. The van der Waals surface area contributed by atoms with Crippen molar-refractivity contribution in [3.8, 4) is 0 Å². The lowest BCUT2D eigenvalue weighted by molar-refractivity contribution is -0.133. The number of aliphatic hydroxyl groups is 1. The third-order valence-corrected chi connectivity index (χ3v) is 3.99. The average molecular weight is 269 g/mol. The lowest BCUT2D eigenvalue weighted by Crippen LogP contribution is -2.39. The Labute approximate surface area is 118 Å². The minimum absolute atomic E-state index is 0.190. The Morgan fingerprint density at radius 1 is 1.11 bits per heavy atom. The molecule has 112 valence electrons. The first kappa shape index (κ1) is 16.5. The molecule has 0 atom stereocenters. The molecule has 3 nitrogen and oxygen atoms in total. The van der Waals surface area contributed by atoms with Crippen LogP contribution in [0.25, 0.3) is 0 Å². The van der Waals surface area contributed by atoms with E-state index in [-0.39, 0.29) is 12.0 Å². The summed E-state index contributed by atoms with van der Waals surface area (Å²) in [6.45, 7) is 6.03. The molecule has 0 aromatic heterocycles. The third-order valence-electron chi connectivity index (χ3n) is 3.99. The van der Waals surface area contributed by atoms with Crippen LogP contribution in [0, 0.1) is 5.92 Å². The molecule has 0 radical (unpaired) electrons. The standard InChI is InChI=1S/C16H31NO2/c1-14(2)8-6-4-3-5-7-9-16(19)17-12-10-15(18)11-13-17/h14-15,18H,3-13H2,1-2H3. The first-order chi connectivity index (χ1) is 9.09. The molecule has 0 unspecified atom stereocenters. The Balaban J connectivity index is 1.95. The van der Waals surface area contributed by atoms with Gasteiger partial charge in [-0.05, 0) is 25.2 Å². The minimum atomic E-state index is -0.190. The molecule has 0 bridgehead atoms. The van der Waals surface area contributed by atoms with Gasteiger partial charge in [0, 0.05) is 19.5 Å². The Bertz CT molecular complexity index is 245. The van der Waals surface area contributed by atoms with Crippen LogP contribution >= 0.6 is 0 Å². The molecular formula is C16H31NO2. The molecule has 1 aliphatic heterocycles. The fraction of sp³-hybridized carbons (Fsp3) is 0.938. The van der Waals surface area contributed by atoms with E-state index >= 15 is 0 Å². The van der Waals surface area contributed by atoms with Crippen molar-refractivity contribution in [2.45, 2.75) is 77.7 Å². The van der Waals surface area contributed by atoms with Crippen LogP contribution in [0.5, 0.6) is 0 Å². The number of unbranched alkanes of at least 4 members (excludes halogenated alkanes) is 4. The number of likely N-dealkylation sites (tertiary alicyclic amines) is 1. The first-order valence-corrected chi connectivity index (χ1v) is 8.05. The highest BCUT2D eigenvalue weighted by Crippen LogP contribution is 2.14. The number of hydrogen-bond donors (Lipinski definition) is 1. The summed E-state index contributed by atoms with van der Waals surface area (Å²) in [5, 5.41) is 9.41. The normalized spacial score (nSPS) is 17.2. The van der Waals surface area contributed by atoms with E-state index in [2.05, 4.69) is 13.8 Å². The van der Waals surface area contributed by atoms with Crippen LogP contribution in [0.2, 0.25) is 0 Å². The summed E-state index contributed by atoms with van der Waals surface area (Å²) in [4.78, 5) is 13.8. The van der Waals surface area contributed by atoms with E-state index < -0.39 is 0 Å². The van der Waals surface area contributed by atoms with Gasteiger partial charge >= 0.3 is 0 Å². The zero-order valence-corrected chi connectivity index (χ0v) is 12.7. The van der Waals surface area contributed by atoms with Crippen molar-refractivity contribution >= 4 is 5.91 Å². The number of carbonyl (C=O) groups excluding carboxylic acids is 1. The molecule has 1 heterocycles. The zero-order chi connectivity index (χ0) is 14.1. The third kappa shape index (κ3) is 7.56. The summed E-state index contributed by atoms with van der Waals surface area (Å²) >= 11 is 0. The lowest BCUT2D eigenvalue weighted by Gasteiger charge is -2.29. The van der Waals surface area contributed by atoms with Gasteiger partial charge in [-0.1, -0.05) is 46.0 Å². The fourth-order valence-electron chi connectivity index (χ4n) is 2.63. The van der Waals surface area contributed by atoms with Crippen molar-refractivity contribution in [1.82, 2.24) is 4.90 Å². The van der Waals surface area contributed by atoms with Gasteiger partial charge in [0.05, 0.1) is 6.10 Å². The maximum absolute atomic E-state index is 11.9. The largest absolute Gasteiger partial charge is 0.393 e. The molecule has 1 saturated heterocycles. The van der Waals surface area contributed by atoms with Gasteiger partial charge in [0.1, 0.15) is 0 Å². The summed E-state index contributed by atoms with van der Waals surface area (Å²) in [7, 11) is 0. The van der Waals surface area contributed by atoms with E-state index in [0.717, 1.165) is 38.3 Å². The molecule has 1 fully saturated rings. The van der Waals surface area contributed by atoms with E-state index in [1.807, 2.05) is 4.90 Å². The highest BCUT2D eigenvalue weighted by molar-refractivity contribution is 5.76. The summed E-state index contributed by atoms with van der Waals surface area (Å²) in [6, 6.07) is 0. The second kappa shape index (κ2) is 9.35. The molecule has 19 heavy (non-hydrogen) atoms. The van der Waals surface area contributed by atoms with Crippen LogP contribution in [-0.4, -0.2) is 35.1 Å². The number of rotatable bonds is 8. The maximum atomic E-state index is 11.9. The van der Waals surface area contributed by atoms with Crippen LogP contribution in [-0.2, 0) is 4.79 Å². The van der Waals surface area contributed by atoms with Gasteiger partial charge in [-0.2, -0.15) is 0 Å². The minimum Gasteiger partial charge on any atom is -0.393 e. The van der Waals surface area contributed by atoms with Crippen molar-refractivity contribution in [3.63, 3.8) is 0 Å². The molecule has 1 N–H and O–H groups in total. The van der Waals surface area contributed by atoms with Crippen molar-refractivity contribution in [1.29, 1.82) is 0 Å². The lowest BCUT2D eigenvalue weighted by atomic mass is 10.0. The Morgan fingerprint density at radius 3 is 2.32 bits per heavy atom. The number of aliphatic hydroxyl groups excluding tert-OH is 1. The smallest absolute Gasteiger partial charge is 0.222 e. The van der Waals surface area contributed by atoms with Gasteiger partial charge in [0.2, 0.25) is 5.91 Å². The van der Waals surface area contributed by atoms with Gasteiger partial charge in [0.15, 0.2) is 0 Å². The SMILES string of the molecule is CC(C)CCCCCCCC(=O)N1CCC(O)CC1. The zero-order valence-electron chi connectivity index (χ0n) is 12.7. The number of piperidine rings is 1. The van der Waals surface area contributed by atoms with Gasteiger partial charge in [-0.3, -0.25) is 4.79 Å². The van der Waals surface area contributed by atoms with Gasteiger partial charge in [0.25, 0.3) is 0 Å². The summed E-state index contributed by atoms with van der Waals surface area (Å²) in [5.41, 5.74) is 0. The molecule has 1 amide bonds. The van der Waals surface area contributed by atoms with E-state index in [4.69, 9.17) is 0 Å². The molecule has 0 aliphatic carbocycles. The number of nitrogens with zero attached hydrogens (tertiary/aromatic N) is 1. The van der Waals surface area contributed by atoms with Crippen LogP contribution in [0.15, 0.2) is 0 Å². The molecule has 1 rings (SSSR count). The first-order valence-electron chi connectivity index (χ1n) is 8.05. The summed E-state index contributed by atoms with van der Waals surface area (Å²) in [5.74, 6) is 1.10. The molecule has 0 aromatic carbocycles. The van der Waals surface area contributed by atoms with E-state index in [1.165, 1.54) is 32.1 Å². The Kier molecular flexibility index (Phi) is 8.11. The molecule has 1 aliphatic rings. The highest BCUT2D eigenvalue weighted by atomic mass is 16.3. The second-order valence-electron chi connectivity index (χ2n) is 6.31. The van der Waals surface area contributed by atoms with Gasteiger partial charge < -0.3 is 10.0 Å². The van der Waals surface area contributed by atoms with Crippen molar-refractivity contribution in [2.75, 3.05) is 13.1 Å². The molecule has 3 heteroatoms. The predicted octanol–water partition coefficient (Wildman–Crippen LogP) is 3.36. The number of amides is 1. The predicted molar refractivity (Wildman–Crippen MR) is 79.0 cm³/mol. The van der Waals surface area contributed by atoms with Crippen molar-refractivity contribution < 1.29 is 9.90 Å². The van der Waals surface area contributed by atoms with Crippen molar-refractivity contribution in [3.05, 3.63) is 0 Å². The van der Waals surface area contributed by atoms with E-state index in [9.17, 15) is 9.90 Å². The summed E-state index contributed by atoms with van der Waals surface area (Å²) < 4.78 is 0. The molecule has 0 saturated carbocycles. The average Bonchev–Trinajstić information content (AvgIpc) is 2.38. The highest BCUT2D eigenvalue weighted by Gasteiger charge is 2.20. The topological polar surface area (TPSA) is 40.5 Å². The molecule has 0 spiro atoms. The van der Waals surface area contributed by atoms with E-state index in [0.29, 0.717) is 6.42 Å². The van der Waals surface area contributed by atoms with Crippen LogP contribution in [0.4, 0.5) is 0 Å². The van der Waals surface area contributed by atoms with Crippen LogP contribution < -0.4 is 0 Å². The van der Waals surface area contributed by atoms with Crippen molar-refractivity contribution in [2.24, 2.45) is 5.92 Å². The molecular weight excluding hydrogens is 238 g/mol. The van der Waals surface area contributed by atoms with Gasteiger partial charge in [-0.15, -0.1) is 0 Å². The van der Waals surface area contributed by atoms with Crippen LogP contribution in [0.3, 0.4) is 0 Å². The van der Waals surface area contributed by atoms with Gasteiger partial charge in [-0.25, -0.2) is 0 Å². The Morgan fingerprint density at radius 2 is 1.68 bits per heavy atom. The molecule has 0 aromatic rings. The second-order valence-corrected chi connectivity index (χ2v) is 6.31. The summed E-state index contributed by atoms with van der Waals surface area (Å²) in [6.07, 6.45) is 9.44. The van der Waals surface area contributed by atoms with Crippen LogP contribution in [0.1, 0.15) is 71.6 Å². The Hall–Kier alpha value is -0.570. The maximum Gasteiger partial charge on any atom is 0.222 e. The quantitative estimate of drug-likeness (QED) is 0.686. The monoisotopic (exact) mass is 269 g/mol. The number of hydrogen-bond acceptors (Lipinski definition) is 2.